The van der Waals surface area contributed by atoms with Crippen molar-refractivity contribution in [3.8, 4) is 5.69 Å². The van der Waals surface area contributed by atoms with Crippen LogP contribution in [-0.4, -0.2) is 4.57 Å². The van der Waals surface area contributed by atoms with Gasteiger partial charge in [0.2, 0.25) is 0 Å². The van der Waals surface area contributed by atoms with E-state index < -0.39 is 0 Å². The fourth-order valence-corrected chi connectivity index (χ4v) is 7.34. The Hall–Kier alpha value is -6.84. The quantitative estimate of drug-likeness (QED) is 0.152. The number of rotatable bonds is 9. The van der Waals surface area contributed by atoms with Gasteiger partial charge in [0.15, 0.2) is 0 Å². The second kappa shape index (κ2) is 13.8. The lowest BCUT2D eigenvalue weighted by atomic mass is 10.0. The van der Waals surface area contributed by atoms with Crippen LogP contribution in [-0.2, 0) is 6.42 Å². The maximum atomic E-state index is 2.38. The summed E-state index contributed by atoms with van der Waals surface area (Å²) in [6.45, 7) is 0. The molecule has 0 saturated heterocycles. The molecular formula is C49H37N3. The molecule has 9 aromatic rings. The van der Waals surface area contributed by atoms with Gasteiger partial charge in [0.25, 0.3) is 0 Å². The molecule has 0 unspecified atom stereocenters. The normalized spacial score (nSPS) is 11.2. The number of para-hydroxylation sites is 5. The van der Waals surface area contributed by atoms with Crippen LogP contribution in [0.15, 0.2) is 212 Å². The molecule has 0 bridgehead atoms. The van der Waals surface area contributed by atoms with E-state index in [1.807, 2.05) is 0 Å². The summed E-state index contributed by atoms with van der Waals surface area (Å²) >= 11 is 0. The van der Waals surface area contributed by atoms with Gasteiger partial charge in [-0.25, -0.2) is 0 Å². The minimum absolute atomic E-state index is 0.853. The Kier molecular flexibility index (Phi) is 8.28. The molecule has 0 radical (unpaired) electrons. The molecule has 52 heavy (non-hydrogen) atoms. The molecule has 9 rings (SSSR count). The van der Waals surface area contributed by atoms with Gasteiger partial charge in [0, 0.05) is 50.6 Å². The SMILES string of the molecule is c1ccc(N(c2ccccc2)c2ccc(Cc3ccc(N(c4ccccc4)c4ccc5c6ccccc6n(-c6ccccc6)c5c4)cc3)cc2)cc1. The molecule has 248 valence electrons. The molecule has 8 aromatic carbocycles. The van der Waals surface area contributed by atoms with Crippen molar-refractivity contribution in [2.75, 3.05) is 9.80 Å². The largest absolute Gasteiger partial charge is 0.311 e. The third kappa shape index (κ3) is 5.99. The molecule has 0 aliphatic carbocycles. The molecule has 3 nitrogen and oxygen atoms in total. The number of hydrogen-bond acceptors (Lipinski definition) is 2. The number of benzene rings is 8. The van der Waals surface area contributed by atoms with Crippen LogP contribution in [0.1, 0.15) is 11.1 Å². The van der Waals surface area contributed by atoms with Crippen molar-refractivity contribution >= 4 is 55.9 Å². The summed E-state index contributed by atoms with van der Waals surface area (Å²) in [6, 6.07) is 75.9. The van der Waals surface area contributed by atoms with Gasteiger partial charge in [-0.1, -0.05) is 121 Å². The van der Waals surface area contributed by atoms with Crippen LogP contribution in [0.4, 0.5) is 34.1 Å². The van der Waals surface area contributed by atoms with Gasteiger partial charge in [-0.3, -0.25) is 0 Å². The van der Waals surface area contributed by atoms with Crippen LogP contribution < -0.4 is 9.80 Å². The van der Waals surface area contributed by atoms with Crippen molar-refractivity contribution in [2.45, 2.75) is 6.42 Å². The number of hydrogen-bond donors (Lipinski definition) is 0. The van der Waals surface area contributed by atoms with E-state index in [-0.39, 0.29) is 0 Å². The van der Waals surface area contributed by atoms with E-state index in [2.05, 4.69) is 227 Å². The van der Waals surface area contributed by atoms with Gasteiger partial charge in [0.1, 0.15) is 0 Å². The minimum atomic E-state index is 0.853. The van der Waals surface area contributed by atoms with Gasteiger partial charge >= 0.3 is 0 Å². The average Bonchev–Trinajstić information content (AvgIpc) is 3.55. The molecule has 3 heteroatoms. The van der Waals surface area contributed by atoms with Crippen molar-refractivity contribution in [3.05, 3.63) is 223 Å². The minimum Gasteiger partial charge on any atom is -0.311 e. The molecular weight excluding hydrogens is 631 g/mol. The van der Waals surface area contributed by atoms with E-state index >= 15 is 0 Å². The molecule has 0 saturated carbocycles. The smallest absolute Gasteiger partial charge is 0.0561 e. The van der Waals surface area contributed by atoms with Crippen molar-refractivity contribution in [3.63, 3.8) is 0 Å². The predicted octanol–water partition coefficient (Wildman–Crippen LogP) is 13.3. The first-order valence-electron chi connectivity index (χ1n) is 17.8. The first kappa shape index (κ1) is 31.2. The third-order valence-electron chi connectivity index (χ3n) is 9.77. The molecule has 0 N–H and O–H groups in total. The van der Waals surface area contributed by atoms with Gasteiger partial charge < -0.3 is 14.4 Å². The van der Waals surface area contributed by atoms with E-state index in [9.17, 15) is 0 Å². The first-order chi connectivity index (χ1) is 25.8. The predicted molar refractivity (Wildman–Crippen MR) is 219 cm³/mol. The zero-order valence-electron chi connectivity index (χ0n) is 28.8. The zero-order chi connectivity index (χ0) is 34.7. The Balaban J connectivity index is 1.04. The van der Waals surface area contributed by atoms with Crippen LogP contribution in [0.5, 0.6) is 0 Å². The number of aromatic nitrogens is 1. The number of nitrogens with zero attached hydrogens (tertiary/aromatic N) is 3. The zero-order valence-corrected chi connectivity index (χ0v) is 28.8. The van der Waals surface area contributed by atoms with Gasteiger partial charge in [-0.15, -0.1) is 0 Å². The van der Waals surface area contributed by atoms with Crippen LogP contribution in [0, 0.1) is 0 Å². The molecule has 0 spiro atoms. The second-order valence-electron chi connectivity index (χ2n) is 13.1. The molecule has 0 aliphatic rings. The highest BCUT2D eigenvalue weighted by Crippen LogP contribution is 2.40. The molecule has 1 heterocycles. The Morgan fingerprint density at radius 1 is 0.308 bits per heavy atom. The molecule has 1 aromatic heterocycles. The summed E-state index contributed by atoms with van der Waals surface area (Å²) in [7, 11) is 0. The molecule has 0 fully saturated rings. The van der Waals surface area contributed by atoms with E-state index in [0.717, 1.165) is 46.2 Å². The summed E-state index contributed by atoms with van der Waals surface area (Å²) < 4.78 is 2.38. The lowest BCUT2D eigenvalue weighted by Crippen LogP contribution is -2.10. The van der Waals surface area contributed by atoms with E-state index in [1.165, 1.54) is 32.9 Å². The monoisotopic (exact) mass is 667 g/mol. The Morgan fingerprint density at radius 3 is 1.21 bits per heavy atom. The fraction of sp³-hybridized carbons (Fsp3) is 0.0204. The summed E-state index contributed by atoms with van der Waals surface area (Å²) in [5, 5.41) is 2.50. The van der Waals surface area contributed by atoms with Gasteiger partial charge in [-0.05, 0) is 109 Å². The summed E-state index contributed by atoms with van der Waals surface area (Å²) in [5.41, 5.74) is 12.9. The fourth-order valence-electron chi connectivity index (χ4n) is 7.34. The summed E-state index contributed by atoms with van der Waals surface area (Å²) in [6.07, 6.45) is 0.853. The lowest BCUT2D eigenvalue weighted by Gasteiger charge is -2.26. The van der Waals surface area contributed by atoms with E-state index in [0.29, 0.717) is 0 Å². The van der Waals surface area contributed by atoms with Gasteiger partial charge in [0.05, 0.1) is 11.0 Å². The Labute approximate surface area is 304 Å². The average molecular weight is 668 g/mol. The van der Waals surface area contributed by atoms with Crippen LogP contribution in [0.2, 0.25) is 0 Å². The highest BCUT2D eigenvalue weighted by Gasteiger charge is 2.18. The maximum Gasteiger partial charge on any atom is 0.0561 e. The third-order valence-corrected chi connectivity index (χ3v) is 9.77. The van der Waals surface area contributed by atoms with E-state index in [4.69, 9.17) is 0 Å². The van der Waals surface area contributed by atoms with Crippen molar-refractivity contribution < 1.29 is 0 Å². The summed E-state index contributed by atoms with van der Waals surface area (Å²) in [4.78, 5) is 4.65. The number of fused-ring (bicyclic) bond motifs is 3. The molecule has 0 atom stereocenters. The standard InChI is InChI=1S/C49H37N3/c1-5-15-39(16-6-1)50(40-17-7-2-8-18-40)43-29-25-37(26-30-43)35-38-27-31-44(32-28-38)51(41-19-9-3-10-20-41)45-33-34-47-46-23-13-14-24-48(46)52(49(47)36-45)42-21-11-4-12-22-42/h1-34,36H,35H2. The van der Waals surface area contributed by atoms with E-state index in [1.54, 1.807) is 0 Å². The molecule has 0 amide bonds. The first-order valence-corrected chi connectivity index (χ1v) is 17.8. The van der Waals surface area contributed by atoms with Gasteiger partial charge in [-0.2, -0.15) is 0 Å². The van der Waals surface area contributed by atoms with Crippen LogP contribution >= 0.6 is 0 Å². The Morgan fingerprint density at radius 2 is 0.692 bits per heavy atom. The highest BCUT2D eigenvalue weighted by molar-refractivity contribution is 6.10. The second-order valence-corrected chi connectivity index (χ2v) is 13.1. The Bertz CT molecular complexity index is 2520. The van der Waals surface area contributed by atoms with Crippen LogP contribution in [0.3, 0.4) is 0 Å². The maximum absolute atomic E-state index is 2.38. The highest BCUT2D eigenvalue weighted by atomic mass is 15.1. The lowest BCUT2D eigenvalue weighted by molar-refractivity contribution is 1.17. The topological polar surface area (TPSA) is 11.4 Å². The summed E-state index contributed by atoms with van der Waals surface area (Å²) in [5.74, 6) is 0. The van der Waals surface area contributed by atoms with Crippen molar-refractivity contribution in [2.24, 2.45) is 0 Å². The van der Waals surface area contributed by atoms with Crippen LogP contribution in [0.25, 0.3) is 27.5 Å². The van der Waals surface area contributed by atoms with Crippen molar-refractivity contribution in [1.29, 1.82) is 0 Å². The number of anilines is 6. The van der Waals surface area contributed by atoms with Crippen molar-refractivity contribution in [1.82, 2.24) is 4.57 Å². The molecule has 0 aliphatic heterocycles.